The Kier molecular flexibility index (Phi) is 5.75. The number of carbonyl (C=O) groups excluding carboxylic acids is 1. The Morgan fingerprint density at radius 2 is 2.00 bits per heavy atom. The molecule has 186 valence electrons. The summed E-state index contributed by atoms with van der Waals surface area (Å²) in [5.41, 5.74) is 9.33. The minimum absolute atomic E-state index is 0.136. The van der Waals surface area contributed by atoms with Crippen molar-refractivity contribution in [1.82, 2.24) is 14.9 Å². The van der Waals surface area contributed by atoms with Gasteiger partial charge in [-0.15, -0.1) is 0 Å². The lowest BCUT2D eigenvalue weighted by Crippen LogP contribution is -2.45. The number of hydrogen-bond donors (Lipinski definition) is 3. The van der Waals surface area contributed by atoms with Gasteiger partial charge in [-0.05, 0) is 80.7 Å². The van der Waals surface area contributed by atoms with Crippen LogP contribution >= 0.6 is 0 Å². The van der Waals surface area contributed by atoms with E-state index in [-0.39, 0.29) is 29.6 Å². The number of piperazine rings is 1. The molecule has 1 amide bonds. The highest BCUT2D eigenvalue weighted by atomic mass is 19.1. The molecule has 2 aliphatic heterocycles. The summed E-state index contributed by atoms with van der Waals surface area (Å²) in [6.07, 6.45) is 6.37. The van der Waals surface area contributed by atoms with Gasteiger partial charge in [0.1, 0.15) is 0 Å². The number of nitrogens with two attached hydrogens (primary N) is 1. The lowest BCUT2D eigenvalue weighted by molar-refractivity contribution is -0.123. The van der Waals surface area contributed by atoms with Gasteiger partial charge in [-0.25, -0.2) is 9.37 Å². The molecule has 4 aliphatic rings. The number of carbonyl (C=O) groups is 1. The average Bonchev–Trinajstić information content (AvgIpc) is 3.40. The van der Waals surface area contributed by atoms with Crippen LogP contribution in [0.2, 0.25) is 0 Å². The lowest BCUT2D eigenvalue weighted by atomic mass is 9.76. The molecule has 3 heterocycles. The predicted molar refractivity (Wildman–Crippen MR) is 134 cm³/mol. The summed E-state index contributed by atoms with van der Waals surface area (Å²) in [4.78, 5) is 25.8. The van der Waals surface area contributed by atoms with Crippen LogP contribution in [0.1, 0.15) is 31.2 Å². The summed E-state index contributed by atoms with van der Waals surface area (Å²) in [6, 6.07) is 6.26. The second-order valence-corrected chi connectivity index (χ2v) is 10.8. The van der Waals surface area contributed by atoms with Gasteiger partial charge < -0.3 is 26.2 Å². The van der Waals surface area contributed by atoms with Gasteiger partial charge in [0, 0.05) is 43.6 Å². The molecular weight excluding hydrogens is 445 g/mol. The van der Waals surface area contributed by atoms with E-state index < -0.39 is 5.82 Å². The van der Waals surface area contributed by atoms with Crippen LogP contribution in [0.3, 0.4) is 0 Å². The van der Waals surface area contributed by atoms with E-state index in [2.05, 4.69) is 55.6 Å². The van der Waals surface area contributed by atoms with Gasteiger partial charge in [0.05, 0.1) is 12.1 Å². The topological polar surface area (TPSA) is 99.4 Å². The number of primary amides is 1. The SMILES string of the molecule is CN1CCN(c2ccc3cc2CCC[C@@H]2C[C@@H]4C[C@H]2[C@@H](Nc2nc(ncc2F)N3)[C@H]4C(N)=O)CC1. The summed E-state index contributed by atoms with van der Waals surface area (Å²) >= 11 is 0. The molecule has 8 nitrogen and oxygen atoms in total. The van der Waals surface area contributed by atoms with E-state index >= 15 is 0 Å². The molecule has 6 bridgehead atoms. The van der Waals surface area contributed by atoms with Gasteiger partial charge >= 0.3 is 0 Å². The third-order valence-corrected chi connectivity index (χ3v) is 8.72. The van der Waals surface area contributed by atoms with Crippen LogP contribution in [0, 0.1) is 29.5 Å². The van der Waals surface area contributed by atoms with E-state index in [1.165, 1.54) is 17.4 Å². The van der Waals surface area contributed by atoms with Crippen molar-refractivity contribution >= 4 is 29.0 Å². The van der Waals surface area contributed by atoms with Gasteiger partial charge in [-0.2, -0.15) is 4.98 Å². The van der Waals surface area contributed by atoms with Gasteiger partial charge in [0.25, 0.3) is 0 Å². The quantitative estimate of drug-likeness (QED) is 0.609. The maximum Gasteiger partial charge on any atom is 0.229 e. The number of rotatable bonds is 2. The van der Waals surface area contributed by atoms with Gasteiger partial charge in [0.2, 0.25) is 11.9 Å². The zero-order chi connectivity index (χ0) is 24.1. The van der Waals surface area contributed by atoms with E-state index in [9.17, 15) is 9.18 Å². The molecule has 6 rings (SSSR count). The fourth-order valence-corrected chi connectivity index (χ4v) is 7.02. The number of likely N-dealkylation sites (N-methyl/N-ethyl adjacent to an activating group) is 1. The second kappa shape index (κ2) is 8.93. The summed E-state index contributed by atoms with van der Waals surface area (Å²) < 4.78 is 14.7. The number of hydrogen-bond acceptors (Lipinski definition) is 7. The van der Waals surface area contributed by atoms with Crippen molar-refractivity contribution in [2.45, 2.75) is 38.1 Å². The Balaban J connectivity index is 1.35. The van der Waals surface area contributed by atoms with Crippen LogP contribution in [0.25, 0.3) is 0 Å². The molecule has 2 saturated carbocycles. The molecule has 5 atom stereocenters. The molecule has 0 unspecified atom stereocenters. The first-order valence-electron chi connectivity index (χ1n) is 12.9. The van der Waals surface area contributed by atoms with Crippen molar-refractivity contribution in [3.63, 3.8) is 0 Å². The Morgan fingerprint density at radius 1 is 1.17 bits per heavy atom. The third kappa shape index (κ3) is 4.20. The summed E-state index contributed by atoms with van der Waals surface area (Å²) in [5, 5.41) is 6.55. The third-order valence-electron chi connectivity index (χ3n) is 8.72. The highest BCUT2D eigenvalue weighted by Crippen LogP contribution is 2.54. The van der Waals surface area contributed by atoms with Crippen LogP contribution in [-0.2, 0) is 11.2 Å². The predicted octanol–water partition coefficient (Wildman–Crippen LogP) is 2.99. The van der Waals surface area contributed by atoms with Crippen LogP contribution < -0.4 is 21.3 Å². The normalized spacial score (nSPS) is 30.3. The van der Waals surface area contributed by atoms with Crippen molar-refractivity contribution in [2.24, 2.45) is 29.4 Å². The maximum absolute atomic E-state index is 14.7. The summed E-state index contributed by atoms with van der Waals surface area (Å²) in [5.74, 6) is 0.441. The highest BCUT2D eigenvalue weighted by Gasteiger charge is 2.54. The fourth-order valence-electron chi connectivity index (χ4n) is 7.02. The standard InChI is InChI=1S/C26H34FN7O/c1-33-7-9-34(10-8-33)21-6-5-18-12-16(21)4-2-3-15-11-17-13-19(15)23(22(17)24(28)35)31-25-20(27)14-29-26(30-18)32-25/h5-6,12,14-15,17,19,22-23H,2-4,7-11,13H2,1H3,(H2,28,35)(H2,29,30,31,32)/t15-,17-,19-,22+,23-/m1/s1. The Labute approximate surface area is 205 Å². The van der Waals surface area contributed by atoms with E-state index in [4.69, 9.17) is 5.73 Å². The van der Waals surface area contributed by atoms with Crippen molar-refractivity contribution in [3.05, 3.63) is 35.8 Å². The molecule has 4 N–H and O–H groups in total. The number of halogens is 1. The molecule has 1 aromatic carbocycles. The number of nitrogens with one attached hydrogen (secondary N) is 2. The lowest BCUT2D eigenvalue weighted by Gasteiger charge is -2.36. The smallest absolute Gasteiger partial charge is 0.229 e. The van der Waals surface area contributed by atoms with Crippen LogP contribution in [0.15, 0.2) is 24.4 Å². The van der Waals surface area contributed by atoms with E-state index in [0.717, 1.165) is 64.0 Å². The summed E-state index contributed by atoms with van der Waals surface area (Å²) in [6.45, 7) is 4.17. The van der Waals surface area contributed by atoms with E-state index in [0.29, 0.717) is 17.8 Å². The number of amides is 1. The minimum Gasteiger partial charge on any atom is -0.369 e. The van der Waals surface area contributed by atoms with Gasteiger partial charge in [-0.3, -0.25) is 4.79 Å². The number of anilines is 4. The number of aromatic nitrogens is 2. The van der Waals surface area contributed by atoms with Gasteiger partial charge in [-0.1, -0.05) is 0 Å². The molecule has 35 heavy (non-hydrogen) atoms. The number of fused-ring (bicyclic) bond motifs is 5. The van der Waals surface area contributed by atoms with Gasteiger partial charge in [0.15, 0.2) is 11.6 Å². The Hall–Kier alpha value is -2.94. The molecule has 1 saturated heterocycles. The summed E-state index contributed by atoms with van der Waals surface area (Å²) in [7, 11) is 2.17. The molecule has 1 aromatic heterocycles. The number of nitrogens with zero attached hydrogens (tertiary/aromatic N) is 4. The molecular formula is C26H34FN7O. The largest absolute Gasteiger partial charge is 0.369 e. The monoisotopic (exact) mass is 479 g/mol. The fraction of sp³-hybridized carbons (Fsp3) is 0.577. The Bertz CT molecular complexity index is 1120. The second-order valence-electron chi connectivity index (χ2n) is 10.8. The van der Waals surface area contributed by atoms with Crippen molar-refractivity contribution in [2.75, 3.05) is 48.8 Å². The molecule has 0 spiro atoms. The first-order valence-corrected chi connectivity index (χ1v) is 12.9. The van der Waals surface area contributed by atoms with Crippen LogP contribution in [0.4, 0.5) is 27.5 Å². The first-order chi connectivity index (χ1) is 17.0. The zero-order valence-corrected chi connectivity index (χ0v) is 20.2. The number of aryl methyl sites for hydroxylation is 1. The Morgan fingerprint density at radius 3 is 2.80 bits per heavy atom. The molecule has 2 aromatic rings. The van der Waals surface area contributed by atoms with Crippen LogP contribution in [-0.4, -0.2) is 60.0 Å². The minimum atomic E-state index is -0.517. The van der Waals surface area contributed by atoms with Crippen molar-refractivity contribution in [1.29, 1.82) is 0 Å². The highest BCUT2D eigenvalue weighted by molar-refractivity contribution is 5.79. The first kappa shape index (κ1) is 22.5. The van der Waals surface area contributed by atoms with Crippen molar-refractivity contribution < 1.29 is 9.18 Å². The average molecular weight is 480 g/mol. The van der Waals surface area contributed by atoms with Crippen LogP contribution in [0.5, 0.6) is 0 Å². The number of benzene rings is 1. The van der Waals surface area contributed by atoms with Crippen molar-refractivity contribution in [3.8, 4) is 0 Å². The molecule has 9 heteroatoms. The zero-order valence-electron chi connectivity index (χ0n) is 20.2. The molecule has 2 aliphatic carbocycles. The van der Waals surface area contributed by atoms with E-state index in [1.54, 1.807) is 0 Å². The maximum atomic E-state index is 14.7. The molecule has 3 fully saturated rings. The van der Waals surface area contributed by atoms with E-state index in [1.807, 2.05) is 0 Å². The molecule has 0 radical (unpaired) electrons.